The van der Waals surface area contributed by atoms with Crippen LogP contribution < -0.4 is 14.2 Å². The number of piperidine rings is 1. The molecule has 0 atom stereocenters. The number of benzene rings is 1. The topological polar surface area (TPSA) is 68.2 Å². The molecular formula is C16H19NO5. The summed E-state index contributed by atoms with van der Waals surface area (Å²) in [7, 11) is 0. The molecule has 1 aromatic carbocycles. The van der Waals surface area contributed by atoms with Crippen LogP contribution in [0.25, 0.3) is 0 Å². The summed E-state index contributed by atoms with van der Waals surface area (Å²) >= 11 is 0. The summed E-state index contributed by atoms with van der Waals surface area (Å²) in [5.74, 6) is 1.53. The van der Waals surface area contributed by atoms with Gasteiger partial charge in [0.05, 0.1) is 6.54 Å². The summed E-state index contributed by atoms with van der Waals surface area (Å²) in [5, 5.41) is 8.90. The highest BCUT2D eigenvalue weighted by Gasteiger charge is 2.41. The van der Waals surface area contributed by atoms with E-state index in [-0.39, 0.29) is 18.9 Å². The first-order valence-electron chi connectivity index (χ1n) is 7.70. The number of likely N-dealkylation sites (tertiary alicyclic amines) is 1. The molecule has 22 heavy (non-hydrogen) atoms. The molecule has 1 fully saturated rings. The number of ether oxygens (including phenoxy) is 3. The summed E-state index contributed by atoms with van der Waals surface area (Å²) in [5.41, 5.74) is 0.978. The molecule has 1 N–H and O–H groups in total. The third kappa shape index (κ3) is 2.27. The van der Waals surface area contributed by atoms with Gasteiger partial charge in [-0.3, -0.25) is 9.69 Å². The summed E-state index contributed by atoms with van der Waals surface area (Å²) in [6.07, 6.45) is 3.64. The van der Waals surface area contributed by atoms with Gasteiger partial charge < -0.3 is 19.3 Å². The Hall–Kier alpha value is -1.95. The van der Waals surface area contributed by atoms with Crippen LogP contribution in [-0.4, -0.2) is 48.0 Å². The van der Waals surface area contributed by atoms with Gasteiger partial charge in [0, 0.05) is 13.1 Å². The first kappa shape index (κ1) is 13.7. The lowest BCUT2D eigenvalue weighted by Gasteiger charge is -2.44. The minimum Gasteiger partial charge on any atom is -0.483 e. The predicted molar refractivity (Wildman–Crippen MR) is 77.6 cm³/mol. The first-order valence-corrected chi connectivity index (χ1v) is 7.70. The number of nitrogens with zero attached hydrogens (tertiary/aromatic N) is 1. The Bertz CT molecular complexity index is 607. The predicted octanol–water partition coefficient (Wildman–Crippen LogP) is 1.66. The van der Waals surface area contributed by atoms with E-state index in [4.69, 9.17) is 19.3 Å². The zero-order valence-corrected chi connectivity index (χ0v) is 12.3. The van der Waals surface area contributed by atoms with E-state index >= 15 is 0 Å². The lowest BCUT2D eigenvalue weighted by atomic mass is 9.83. The molecule has 6 heteroatoms. The van der Waals surface area contributed by atoms with Gasteiger partial charge in [0.2, 0.25) is 12.5 Å². The number of carbonyl (C=O) groups is 1. The number of rotatable bonds is 2. The standard InChI is InChI=1S/C16H19NO5/c18-13(19)9-17-7-5-16(6-8-17)4-3-11-1-2-12-15(14(11)22-16)21-10-20-12/h1-2H,3-10H2,(H,18,19). The van der Waals surface area contributed by atoms with Crippen LogP contribution in [0.4, 0.5) is 0 Å². The quantitative estimate of drug-likeness (QED) is 0.896. The van der Waals surface area contributed by atoms with E-state index in [9.17, 15) is 4.79 Å². The van der Waals surface area contributed by atoms with Crippen molar-refractivity contribution in [1.29, 1.82) is 0 Å². The lowest BCUT2D eigenvalue weighted by Crippen LogP contribution is -2.50. The minimum absolute atomic E-state index is 0.110. The molecule has 1 spiro atoms. The average Bonchev–Trinajstić information content (AvgIpc) is 2.98. The Labute approximate surface area is 128 Å². The fraction of sp³-hybridized carbons (Fsp3) is 0.562. The summed E-state index contributed by atoms with van der Waals surface area (Å²) in [6, 6.07) is 3.99. The van der Waals surface area contributed by atoms with Crippen molar-refractivity contribution < 1.29 is 24.1 Å². The second-order valence-corrected chi connectivity index (χ2v) is 6.24. The van der Waals surface area contributed by atoms with Crippen LogP contribution in [0.15, 0.2) is 12.1 Å². The smallest absolute Gasteiger partial charge is 0.317 e. The summed E-state index contributed by atoms with van der Waals surface area (Å²) in [6.45, 7) is 1.87. The molecular weight excluding hydrogens is 286 g/mol. The van der Waals surface area contributed by atoms with Crippen molar-refractivity contribution >= 4 is 5.97 Å². The zero-order chi connectivity index (χ0) is 15.2. The minimum atomic E-state index is -0.769. The number of fused-ring (bicyclic) bond motifs is 3. The molecule has 0 radical (unpaired) electrons. The van der Waals surface area contributed by atoms with Gasteiger partial charge in [0.1, 0.15) is 5.60 Å². The van der Waals surface area contributed by atoms with Crippen LogP contribution >= 0.6 is 0 Å². The Balaban J connectivity index is 1.53. The van der Waals surface area contributed by atoms with Crippen molar-refractivity contribution in [1.82, 2.24) is 4.90 Å². The van der Waals surface area contributed by atoms with Crippen molar-refractivity contribution in [2.24, 2.45) is 0 Å². The van der Waals surface area contributed by atoms with Crippen LogP contribution in [0.1, 0.15) is 24.8 Å². The third-order valence-electron chi connectivity index (χ3n) is 4.87. The highest BCUT2D eigenvalue weighted by molar-refractivity contribution is 5.69. The van der Waals surface area contributed by atoms with Gasteiger partial charge >= 0.3 is 5.97 Å². The van der Waals surface area contributed by atoms with Gasteiger partial charge in [0.15, 0.2) is 11.5 Å². The first-order chi connectivity index (χ1) is 10.7. The van der Waals surface area contributed by atoms with Crippen LogP contribution in [0.2, 0.25) is 0 Å². The van der Waals surface area contributed by atoms with Gasteiger partial charge in [-0.25, -0.2) is 0 Å². The molecule has 0 aromatic heterocycles. The van der Waals surface area contributed by atoms with E-state index in [0.29, 0.717) is 0 Å². The van der Waals surface area contributed by atoms with Crippen molar-refractivity contribution in [2.75, 3.05) is 26.4 Å². The Morgan fingerprint density at radius 1 is 1.18 bits per heavy atom. The van der Waals surface area contributed by atoms with Gasteiger partial charge in [-0.1, -0.05) is 6.07 Å². The molecule has 0 bridgehead atoms. The monoisotopic (exact) mass is 305 g/mol. The van der Waals surface area contributed by atoms with Crippen LogP contribution in [-0.2, 0) is 11.2 Å². The van der Waals surface area contributed by atoms with E-state index in [1.807, 2.05) is 11.0 Å². The van der Waals surface area contributed by atoms with Crippen LogP contribution in [0, 0.1) is 0 Å². The average molecular weight is 305 g/mol. The van der Waals surface area contributed by atoms with E-state index < -0.39 is 5.97 Å². The summed E-state index contributed by atoms with van der Waals surface area (Å²) < 4.78 is 17.4. The molecule has 0 aliphatic carbocycles. The highest BCUT2D eigenvalue weighted by Crippen LogP contribution is 2.49. The Morgan fingerprint density at radius 2 is 2.00 bits per heavy atom. The maximum atomic E-state index is 10.8. The molecule has 3 aliphatic rings. The van der Waals surface area contributed by atoms with Crippen LogP contribution in [0.5, 0.6) is 17.2 Å². The van der Waals surface area contributed by atoms with Gasteiger partial charge in [0.25, 0.3) is 0 Å². The molecule has 1 aromatic rings. The normalized spacial score (nSPS) is 22.2. The zero-order valence-electron chi connectivity index (χ0n) is 12.3. The number of hydrogen-bond donors (Lipinski definition) is 1. The largest absolute Gasteiger partial charge is 0.483 e. The molecule has 118 valence electrons. The number of aryl methyl sites for hydroxylation is 1. The number of aliphatic carboxylic acids is 1. The van der Waals surface area contributed by atoms with Gasteiger partial charge in [-0.15, -0.1) is 0 Å². The molecule has 3 heterocycles. The number of carboxylic acids is 1. The van der Waals surface area contributed by atoms with Gasteiger partial charge in [-0.05, 0) is 37.3 Å². The second-order valence-electron chi connectivity index (χ2n) is 6.24. The molecule has 0 amide bonds. The molecule has 4 rings (SSSR count). The van der Waals surface area contributed by atoms with Gasteiger partial charge in [-0.2, -0.15) is 0 Å². The fourth-order valence-electron chi connectivity index (χ4n) is 3.59. The van der Waals surface area contributed by atoms with Crippen molar-refractivity contribution in [3.8, 4) is 17.2 Å². The lowest BCUT2D eigenvalue weighted by molar-refractivity contribution is -0.139. The van der Waals surface area contributed by atoms with E-state index in [1.54, 1.807) is 0 Å². The fourth-order valence-corrected chi connectivity index (χ4v) is 3.59. The Kier molecular flexibility index (Phi) is 3.14. The van der Waals surface area contributed by atoms with E-state index in [0.717, 1.165) is 56.0 Å². The Morgan fingerprint density at radius 3 is 2.77 bits per heavy atom. The molecule has 0 unspecified atom stereocenters. The van der Waals surface area contributed by atoms with E-state index in [1.165, 1.54) is 5.56 Å². The van der Waals surface area contributed by atoms with Crippen molar-refractivity contribution in [3.63, 3.8) is 0 Å². The van der Waals surface area contributed by atoms with E-state index in [2.05, 4.69) is 6.07 Å². The number of carboxylic acid groups (broad SMARTS) is 1. The molecule has 3 aliphatic heterocycles. The number of hydrogen-bond acceptors (Lipinski definition) is 5. The molecule has 6 nitrogen and oxygen atoms in total. The summed E-state index contributed by atoms with van der Waals surface area (Å²) in [4.78, 5) is 12.8. The second kappa shape index (κ2) is 5.05. The third-order valence-corrected chi connectivity index (χ3v) is 4.87. The molecule has 0 saturated carbocycles. The molecule has 1 saturated heterocycles. The SMILES string of the molecule is O=C(O)CN1CCC2(CCc3ccc4c(c3O2)OCO4)CC1. The maximum absolute atomic E-state index is 10.8. The maximum Gasteiger partial charge on any atom is 0.317 e. The van der Waals surface area contributed by atoms with Crippen molar-refractivity contribution in [3.05, 3.63) is 17.7 Å². The van der Waals surface area contributed by atoms with Crippen molar-refractivity contribution in [2.45, 2.75) is 31.3 Å². The van der Waals surface area contributed by atoms with Crippen LogP contribution in [0.3, 0.4) is 0 Å². The highest BCUT2D eigenvalue weighted by atomic mass is 16.7.